The Morgan fingerprint density at radius 1 is 1.33 bits per heavy atom. The number of aldehydes is 1. The van der Waals surface area contributed by atoms with Crippen molar-refractivity contribution in [1.29, 1.82) is 0 Å². The summed E-state index contributed by atoms with van der Waals surface area (Å²) in [7, 11) is 1.53. The molecule has 0 fully saturated rings. The summed E-state index contributed by atoms with van der Waals surface area (Å²) >= 11 is 0. The van der Waals surface area contributed by atoms with Crippen LogP contribution in [0.2, 0.25) is 0 Å². The Balaban J connectivity index is 2.66. The molecular formula is C16H23NO4. The molecule has 5 nitrogen and oxygen atoms in total. The molecule has 0 aliphatic carbocycles. The van der Waals surface area contributed by atoms with Crippen LogP contribution in [0, 0.1) is 5.92 Å². The van der Waals surface area contributed by atoms with E-state index in [-0.39, 0.29) is 5.91 Å². The molecule has 0 saturated heterocycles. The minimum atomic E-state index is -0.678. The molecule has 5 heteroatoms. The zero-order valence-electron chi connectivity index (χ0n) is 13.0. The number of hydrogen-bond acceptors (Lipinski definition) is 4. The number of amides is 1. The van der Waals surface area contributed by atoms with Crippen molar-refractivity contribution in [3.05, 3.63) is 23.8 Å². The molecule has 0 aliphatic rings. The third-order valence-corrected chi connectivity index (χ3v) is 3.04. The van der Waals surface area contributed by atoms with Gasteiger partial charge in [0.25, 0.3) is 5.91 Å². The van der Waals surface area contributed by atoms with E-state index in [0.717, 1.165) is 6.42 Å². The van der Waals surface area contributed by atoms with E-state index in [4.69, 9.17) is 9.47 Å². The average Bonchev–Trinajstić information content (AvgIpc) is 2.46. The van der Waals surface area contributed by atoms with Gasteiger partial charge in [-0.25, -0.2) is 0 Å². The summed E-state index contributed by atoms with van der Waals surface area (Å²) in [6, 6.07) is 4.87. The van der Waals surface area contributed by atoms with Crippen LogP contribution in [0.1, 0.15) is 37.6 Å². The quantitative estimate of drug-likeness (QED) is 0.748. The first-order valence-corrected chi connectivity index (χ1v) is 7.05. The van der Waals surface area contributed by atoms with Gasteiger partial charge in [-0.3, -0.25) is 9.59 Å². The Labute approximate surface area is 125 Å². The molecule has 0 aliphatic heterocycles. The van der Waals surface area contributed by atoms with Crippen LogP contribution in [-0.2, 0) is 4.79 Å². The van der Waals surface area contributed by atoms with Crippen LogP contribution in [0.25, 0.3) is 0 Å². The van der Waals surface area contributed by atoms with E-state index in [9.17, 15) is 9.59 Å². The first-order chi connectivity index (χ1) is 9.97. The molecule has 1 atom stereocenters. The summed E-state index contributed by atoms with van der Waals surface area (Å²) in [5, 5.41) is 2.82. The van der Waals surface area contributed by atoms with Crippen LogP contribution in [0.15, 0.2) is 18.2 Å². The van der Waals surface area contributed by atoms with Gasteiger partial charge in [-0.05, 0) is 31.4 Å². The minimum Gasteiger partial charge on any atom is -0.497 e. The van der Waals surface area contributed by atoms with Gasteiger partial charge < -0.3 is 14.8 Å². The second-order valence-electron chi connectivity index (χ2n) is 5.26. The number of ether oxygens (including phenoxy) is 2. The van der Waals surface area contributed by atoms with Gasteiger partial charge in [0.1, 0.15) is 11.5 Å². The summed E-state index contributed by atoms with van der Waals surface area (Å²) < 4.78 is 10.7. The maximum atomic E-state index is 11.9. The zero-order valence-corrected chi connectivity index (χ0v) is 13.0. The van der Waals surface area contributed by atoms with Crippen LogP contribution >= 0.6 is 0 Å². The maximum Gasteiger partial charge on any atom is 0.260 e. The van der Waals surface area contributed by atoms with E-state index < -0.39 is 6.10 Å². The smallest absolute Gasteiger partial charge is 0.260 e. The predicted octanol–water partition coefficient (Wildman–Crippen LogP) is 2.44. The van der Waals surface area contributed by atoms with Gasteiger partial charge in [0, 0.05) is 12.6 Å². The first-order valence-electron chi connectivity index (χ1n) is 7.05. The molecule has 21 heavy (non-hydrogen) atoms. The second kappa shape index (κ2) is 8.29. The molecule has 0 spiro atoms. The average molecular weight is 293 g/mol. The van der Waals surface area contributed by atoms with E-state index >= 15 is 0 Å². The van der Waals surface area contributed by atoms with Crippen molar-refractivity contribution >= 4 is 12.2 Å². The molecule has 0 bridgehead atoms. The Bertz CT molecular complexity index is 485. The third kappa shape index (κ3) is 5.45. The number of methoxy groups -OCH3 is 1. The Morgan fingerprint density at radius 3 is 2.62 bits per heavy atom. The molecule has 1 amide bonds. The first kappa shape index (κ1) is 17.0. The van der Waals surface area contributed by atoms with E-state index in [1.54, 1.807) is 25.1 Å². The highest BCUT2D eigenvalue weighted by molar-refractivity contribution is 5.82. The topological polar surface area (TPSA) is 64.6 Å². The van der Waals surface area contributed by atoms with Gasteiger partial charge in [0.15, 0.2) is 12.4 Å². The Hall–Kier alpha value is -2.04. The number of benzene rings is 1. The number of carbonyl (C=O) groups is 2. The fraction of sp³-hybridized carbons (Fsp3) is 0.500. The van der Waals surface area contributed by atoms with Crippen LogP contribution < -0.4 is 14.8 Å². The van der Waals surface area contributed by atoms with Crippen molar-refractivity contribution in [2.45, 2.75) is 33.3 Å². The predicted molar refractivity (Wildman–Crippen MR) is 80.9 cm³/mol. The fourth-order valence-electron chi connectivity index (χ4n) is 1.71. The highest BCUT2D eigenvalue weighted by Gasteiger charge is 2.16. The summed E-state index contributed by atoms with van der Waals surface area (Å²) in [5.41, 5.74) is 0.387. The second-order valence-corrected chi connectivity index (χ2v) is 5.26. The standard InChI is InChI=1S/C16H23NO4/c1-11(2)7-8-17-16(19)12(3)21-15-9-14(20-4)6-5-13(15)10-18/h5-6,9-12H,7-8H2,1-4H3,(H,17,19). The van der Waals surface area contributed by atoms with Crippen LogP contribution in [-0.4, -0.2) is 32.0 Å². The molecule has 1 N–H and O–H groups in total. The van der Waals surface area contributed by atoms with Gasteiger partial charge in [-0.1, -0.05) is 13.8 Å². The van der Waals surface area contributed by atoms with Crippen molar-refractivity contribution in [1.82, 2.24) is 5.32 Å². The summed E-state index contributed by atoms with van der Waals surface area (Å²) in [6.07, 6.45) is 0.929. The maximum absolute atomic E-state index is 11.9. The van der Waals surface area contributed by atoms with Gasteiger partial charge in [-0.15, -0.1) is 0 Å². The molecule has 1 unspecified atom stereocenters. The molecule has 0 heterocycles. The summed E-state index contributed by atoms with van der Waals surface area (Å²) in [6.45, 7) is 6.46. The van der Waals surface area contributed by atoms with Gasteiger partial charge >= 0.3 is 0 Å². The lowest BCUT2D eigenvalue weighted by molar-refractivity contribution is -0.127. The summed E-state index contributed by atoms with van der Waals surface area (Å²) in [4.78, 5) is 22.9. The molecule has 1 aromatic carbocycles. The SMILES string of the molecule is COc1ccc(C=O)c(OC(C)C(=O)NCCC(C)C)c1. The largest absolute Gasteiger partial charge is 0.497 e. The molecule has 1 aromatic rings. The van der Waals surface area contributed by atoms with Crippen molar-refractivity contribution in [3.8, 4) is 11.5 Å². The Kier molecular flexibility index (Phi) is 6.72. The van der Waals surface area contributed by atoms with Crippen molar-refractivity contribution < 1.29 is 19.1 Å². The highest BCUT2D eigenvalue weighted by atomic mass is 16.5. The van der Waals surface area contributed by atoms with Crippen LogP contribution in [0.3, 0.4) is 0 Å². The van der Waals surface area contributed by atoms with Crippen LogP contribution in [0.5, 0.6) is 11.5 Å². The lowest BCUT2D eigenvalue weighted by atomic mass is 10.1. The molecule has 116 valence electrons. The number of carbonyl (C=O) groups excluding carboxylic acids is 2. The monoisotopic (exact) mass is 293 g/mol. The van der Waals surface area contributed by atoms with Gasteiger partial charge in [-0.2, -0.15) is 0 Å². The number of hydrogen-bond donors (Lipinski definition) is 1. The van der Waals surface area contributed by atoms with E-state index in [2.05, 4.69) is 19.2 Å². The van der Waals surface area contributed by atoms with Crippen molar-refractivity contribution in [2.24, 2.45) is 5.92 Å². The highest BCUT2D eigenvalue weighted by Crippen LogP contribution is 2.24. The number of nitrogens with one attached hydrogen (secondary N) is 1. The normalized spacial score (nSPS) is 11.9. The zero-order chi connectivity index (χ0) is 15.8. The van der Waals surface area contributed by atoms with Crippen LogP contribution in [0.4, 0.5) is 0 Å². The molecule has 0 radical (unpaired) electrons. The molecule has 0 saturated carbocycles. The Morgan fingerprint density at radius 2 is 2.05 bits per heavy atom. The van der Waals surface area contributed by atoms with E-state index in [1.807, 2.05) is 0 Å². The molecular weight excluding hydrogens is 270 g/mol. The lowest BCUT2D eigenvalue weighted by Crippen LogP contribution is -2.37. The lowest BCUT2D eigenvalue weighted by Gasteiger charge is -2.17. The van der Waals surface area contributed by atoms with Crippen molar-refractivity contribution in [3.63, 3.8) is 0 Å². The van der Waals surface area contributed by atoms with E-state index in [1.165, 1.54) is 7.11 Å². The van der Waals surface area contributed by atoms with E-state index in [0.29, 0.717) is 35.8 Å². The fourth-order valence-corrected chi connectivity index (χ4v) is 1.71. The molecule has 1 rings (SSSR count). The van der Waals surface area contributed by atoms with Gasteiger partial charge in [0.2, 0.25) is 0 Å². The minimum absolute atomic E-state index is 0.199. The number of rotatable bonds is 8. The summed E-state index contributed by atoms with van der Waals surface area (Å²) in [5.74, 6) is 1.25. The third-order valence-electron chi connectivity index (χ3n) is 3.04. The van der Waals surface area contributed by atoms with Gasteiger partial charge in [0.05, 0.1) is 12.7 Å². The molecule has 0 aromatic heterocycles. The van der Waals surface area contributed by atoms with Crippen molar-refractivity contribution in [2.75, 3.05) is 13.7 Å².